The van der Waals surface area contributed by atoms with Crippen molar-refractivity contribution < 1.29 is 24.2 Å². The van der Waals surface area contributed by atoms with Crippen LogP contribution in [0.4, 0.5) is 0 Å². The second-order valence-corrected chi connectivity index (χ2v) is 5.97. The minimum absolute atomic E-state index is 0.0681. The van der Waals surface area contributed by atoms with E-state index in [1.165, 1.54) is 19.2 Å². The van der Waals surface area contributed by atoms with Crippen molar-refractivity contribution in [2.24, 2.45) is 0 Å². The van der Waals surface area contributed by atoms with Crippen molar-refractivity contribution in [3.63, 3.8) is 0 Å². The lowest BCUT2D eigenvalue weighted by Crippen LogP contribution is -2.34. The topological polar surface area (TPSA) is 94.8 Å². The van der Waals surface area contributed by atoms with Crippen LogP contribution < -0.4 is 14.8 Å². The number of benzene rings is 1. The van der Waals surface area contributed by atoms with Crippen molar-refractivity contribution in [2.45, 2.75) is 13.5 Å². The van der Waals surface area contributed by atoms with E-state index in [9.17, 15) is 19.5 Å². The molecule has 0 aliphatic heterocycles. The SMILES string of the molecule is CCOC(=O)/C=c1\s/c(=C\c2cccc(O)c2)c(=O)n1CC(=O)OC. The molecule has 0 spiro atoms. The molecule has 1 aromatic heterocycles. The number of carbonyl (C=O) groups excluding carboxylic acids is 2. The van der Waals surface area contributed by atoms with Crippen molar-refractivity contribution in [3.8, 4) is 5.75 Å². The summed E-state index contributed by atoms with van der Waals surface area (Å²) < 4.78 is 11.2. The van der Waals surface area contributed by atoms with Crippen LogP contribution in [0.1, 0.15) is 12.5 Å². The van der Waals surface area contributed by atoms with Crippen LogP contribution in [0.5, 0.6) is 5.75 Å². The highest BCUT2D eigenvalue weighted by Gasteiger charge is 2.11. The zero-order valence-corrected chi connectivity index (χ0v) is 14.5. The van der Waals surface area contributed by atoms with Gasteiger partial charge in [0.25, 0.3) is 5.56 Å². The fraction of sp³-hybridized carbons (Fsp3) is 0.235. The molecule has 0 aliphatic carbocycles. The Hall–Kier alpha value is -2.87. The summed E-state index contributed by atoms with van der Waals surface area (Å²) in [5.41, 5.74) is 0.181. The van der Waals surface area contributed by atoms with E-state index in [0.29, 0.717) is 10.1 Å². The molecule has 0 unspecified atom stereocenters. The van der Waals surface area contributed by atoms with E-state index in [1.54, 1.807) is 25.1 Å². The molecule has 0 fully saturated rings. The van der Waals surface area contributed by atoms with Crippen LogP contribution in [0, 0.1) is 0 Å². The molecule has 0 radical (unpaired) electrons. The number of esters is 2. The molecule has 1 aromatic carbocycles. The van der Waals surface area contributed by atoms with Gasteiger partial charge in [-0.25, -0.2) is 4.79 Å². The summed E-state index contributed by atoms with van der Waals surface area (Å²) in [6, 6.07) is 6.38. The fourth-order valence-electron chi connectivity index (χ4n) is 2.04. The van der Waals surface area contributed by atoms with Crippen molar-refractivity contribution >= 4 is 35.4 Å². The van der Waals surface area contributed by atoms with Crippen LogP contribution in [0.3, 0.4) is 0 Å². The normalized spacial score (nSPS) is 12.2. The molecule has 1 N–H and O–H groups in total. The molecule has 0 amide bonds. The van der Waals surface area contributed by atoms with Gasteiger partial charge in [0.2, 0.25) is 0 Å². The van der Waals surface area contributed by atoms with Crippen molar-refractivity contribution in [3.05, 3.63) is 49.4 Å². The third-order valence-electron chi connectivity index (χ3n) is 3.15. The average molecular weight is 363 g/mol. The Morgan fingerprint density at radius 1 is 1.36 bits per heavy atom. The third kappa shape index (κ3) is 4.80. The smallest absolute Gasteiger partial charge is 0.333 e. The van der Waals surface area contributed by atoms with Gasteiger partial charge >= 0.3 is 11.9 Å². The number of methoxy groups -OCH3 is 1. The highest BCUT2D eigenvalue weighted by molar-refractivity contribution is 7.07. The standard InChI is InChI=1S/C17H17NO6S/c1-3-24-15(20)9-14-18(10-16(21)23-2)17(22)13(25-14)8-11-5-4-6-12(19)7-11/h4-9,19H,3,10H2,1-2H3/b13-8-,14-9-. The number of aromatic hydroxyl groups is 1. The van der Waals surface area contributed by atoms with Gasteiger partial charge in [0, 0.05) is 0 Å². The van der Waals surface area contributed by atoms with Gasteiger partial charge in [-0.1, -0.05) is 12.1 Å². The van der Waals surface area contributed by atoms with Gasteiger partial charge in [-0.15, -0.1) is 11.3 Å². The molecule has 0 bridgehead atoms. The van der Waals surface area contributed by atoms with Gasteiger partial charge in [0.1, 0.15) is 17.0 Å². The number of nitrogens with zero attached hydrogens (tertiary/aromatic N) is 1. The van der Waals surface area contributed by atoms with E-state index in [1.807, 2.05) is 0 Å². The first kappa shape index (κ1) is 18.5. The molecule has 0 atom stereocenters. The maximum atomic E-state index is 12.6. The van der Waals surface area contributed by atoms with E-state index >= 15 is 0 Å². The Kier molecular flexibility index (Phi) is 6.13. The van der Waals surface area contributed by atoms with E-state index in [2.05, 4.69) is 4.74 Å². The maximum absolute atomic E-state index is 12.6. The monoisotopic (exact) mass is 363 g/mol. The second kappa shape index (κ2) is 8.29. The van der Waals surface area contributed by atoms with Gasteiger partial charge in [0.05, 0.1) is 24.3 Å². The Morgan fingerprint density at radius 2 is 2.12 bits per heavy atom. The number of hydrogen-bond acceptors (Lipinski definition) is 7. The molecule has 8 heteroatoms. The predicted molar refractivity (Wildman–Crippen MR) is 92.6 cm³/mol. The quantitative estimate of drug-likeness (QED) is 0.749. The minimum atomic E-state index is -0.609. The van der Waals surface area contributed by atoms with E-state index < -0.39 is 17.5 Å². The summed E-state index contributed by atoms with van der Waals surface area (Å²) in [5, 5.41) is 9.52. The van der Waals surface area contributed by atoms with Gasteiger partial charge in [0.15, 0.2) is 0 Å². The van der Waals surface area contributed by atoms with Crippen LogP contribution in [-0.4, -0.2) is 35.3 Å². The van der Waals surface area contributed by atoms with Crippen LogP contribution in [-0.2, 0) is 25.6 Å². The van der Waals surface area contributed by atoms with Crippen LogP contribution in [0.25, 0.3) is 12.2 Å². The summed E-state index contributed by atoms with van der Waals surface area (Å²) in [4.78, 5) is 35.8. The van der Waals surface area contributed by atoms with Crippen molar-refractivity contribution in [1.82, 2.24) is 4.57 Å². The number of aromatic nitrogens is 1. The second-order valence-electron chi connectivity index (χ2n) is 4.91. The first-order valence-corrected chi connectivity index (χ1v) is 8.22. The third-order valence-corrected chi connectivity index (χ3v) is 4.21. The zero-order chi connectivity index (χ0) is 18.4. The van der Waals surface area contributed by atoms with Crippen LogP contribution in [0.15, 0.2) is 29.1 Å². The fourth-order valence-corrected chi connectivity index (χ4v) is 3.07. The number of carbonyl (C=O) groups is 2. The van der Waals surface area contributed by atoms with Crippen molar-refractivity contribution in [2.75, 3.05) is 13.7 Å². The van der Waals surface area contributed by atoms with Gasteiger partial charge < -0.3 is 14.6 Å². The average Bonchev–Trinajstić information content (AvgIpc) is 2.83. The number of hydrogen-bond donors (Lipinski definition) is 1. The first-order valence-electron chi connectivity index (χ1n) is 7.40. The number of phenols is 1. The maximum Gasteiger partial charge on any atom is 0.333 e. The summed E-state index contributed by atoms with van der Waals surface area (Å²) in [5.74, 6) is -1.15. The molecule has 132 valence electrons. The van der Waals surface area contributed by atoms with Gasteiger partial charge in [-0.05, 0) is 30.7 Å². The molecular formula is C17H17NO6S. The number of thiazole rings is 1. The predicted octanol–water partition coefficient (Wildman–Crippen LogP) is -0.0392. The molecule has 2 rings (SSSR count). The Bertz CT molecular complexity index is 956. The summed E-state index contributed by atoms with van der Waals surface area (Å²) in [6.07, 6.45) is 2.74. The molecule has 2 aromatic rings. The lowest BCUT2D eigenvalue weighted by molar-refractivity contribution is -0.141. The van der Waals surface area contributed by atoms with E-state index in [4.69, 9.17) is 4.74 Å². The molecule has 0 aliphatic rings. The molecular weight excluding hydrogens is 346 g/mol. The number of ether oxygens (including phenoxy) is 2. The highest BCUT2D eigenvalue weighted by Crippen LogP contribution is 2.10. The Morgan fingerprint density at radius 3 is 2.76 bits per heavy atom. The van der Waals surface area contributed by atoms with Crippen LogP contribution >= 0.6 is 11.3 Å². The number of phenolic OH excluding ortho intramolecular Hbond substituents is 1. The largest absolute Gasteiger partial charge is 0.508 e. The van der Waals surface area contributed by atoms with Crippen LogP contribution in [0.2, 0.25) is 0 Å². The molecule has 0 saturated carbocycles. The summed E-state index contributed by atoms with van der Waals surface area (Å²) >= 11 is 1.04. The Labute approximate surface area is 147 Å². The van der Waals surface area contributed by atoms with Gasteiger partial charge in [-0.2, -0.15) is 0 Å². The minimum Gasteiger partial charge on any atom is -0.508 e. The lowest BCUT2D eigenvalue weighted by atomic mass is 10.2. The lowest BCUT2D eigenvalue weighted by Gasteiger charge is -2.00. The molecule has 7 nitrogen and oxygen atoms in total. The molecule has 1 heterocycles. The first-order chi connectivity index (χ1) is 11.9. The highest BCUT2D eigenvalue weighted by atomic mass is 32.1. The Balaban J connectivity index is 2.61. The number of rotatable bonds is 5. The zero-order valence-electron chi connectivity index (χ0n) is 13.7. The van der Waals surface area contributed by atoms with Gasteiger partial charge in [-0.3, -0.25) is 14.2 Å². The molecule has 25 heavy (non-hydrogen) atoms. The molecule has 0 saturated heterocycles. The summed E-state index contributed by atoms with van der Waals surface area (Å²) in [7, 11) is 1.22. The van der Waals surface area contributed by atoms with E-state index in [-0.39, 0.29) is 23.6 Å². The van der Waals surface area contributed by atoms with E-state index in [0.717, 1.165) is 22.0 Å². The van der Waals surface area contributed by atoms with Crippen molar-refractivity contribution in [1.29, 1.82) is 0 Å². The summed E-state index contributed by atoms with van der Waals surface area (Å²) in [6.45, 7) is 1.55.